The second-order valence-electron chi connectivity index (χ2n) is 3.77. The summed E-state index contributed by atoms with van der Waals surface area (Å²) in [6.07, 6.45) is 1.57. The number of methoxy groups -OCH3 is 1. The van der Waals surface area contributed by atoms with Crippen molar-refractivity contribution in [2.75, 3.05) is 25.7 Å². The Morgan fingerprint density at radius 1 is 1.22 bits per heavy atom. The SMILES string of the molecule is COCCCCNS(=O)(=O)c1ccc(NN)cc1. The summed E-state index contributed by atoms with van der Waals surface area (Å²) >= 11 is 0. The lowest BCUT2D eigenvalue weighted by Gasteiger charge is -2.07. The third kappa shape index (κ3) is 4.61. The number of hydrazine groups is 1. The molecule has 0 aliphatic rings. The van der Waals surface area contributed by atoms with Crippen LogP contribution in [-0.2, 0) is 14.8 Å². The number of ether oxygens (including phenoxy) is 1. The van der Waals surface area contributed by atoms with Crippen LogP contribution in [0.3, 0.4) is 0 Å². The minimum atomic E-state index is -3.43. The van der Waals surface area contributed by atoms with Crippen molar-refractivity contribution in [1.82, 2.24) is 4.72 Å². The molecule has 0 aliphatic heterocycles. The Balaban J connectivity index is 2.51. The Morgan fingerprint density at radius 3 is 2.44 bits per heavy atom. The molecule has 0 saturated heterocycles. The Bertz CT molecular complexity index is 445. The van der Waals surface area contributed by atoms with E-state index in [0.717, 1.165) is 12.8 Å². The fourth-order valence-electron chi connectivity index (χ4n) is 1.39. The van der Waals surface area contributed by atoms with Gasteiger partial charge < -0.3 is 10.2 Å². The maximum absolute atomic E-state index is 11.9. The molecule has 0 fully saturated rings. The second-order valence-corrected chi connectivity index (χ2v) is 5.53. The van der Waals surface area contributed by atoms with Crippen LogP contribution < -0.4 is 16.0 Å². The van der Waals surface area contributed by atoms with Crippen molar-refractivity contribution in [3.63, 3.8) is 0 Å². The van der Waals surface area contributed by atoms with Crippen LogP contribution in [0.5, 0.6) is 0 Å². The van der Waals surface area contributed by atoms with Crippen LogP contribution in [0.2, 0.25) is 0 Å². The first-order chi connectivity index (χ1) is 8.60. The molecule has 18 heavy (non-hydrogen) atoms. The first-order valence-corrected chi connectivity index (χ1v) is 7.14. The molecule has 0 atom stereocenters. The van der Waals surface area contributed by atoms with Gasteiger partial charge in [0.15, 0.2) is 0 Å². The monoisotopic (exact) mass is 273 g/mol. The van der Waals surface area contributed by atoms with E-state index in [0.29, 0.717) is 18.8 Å². The maximum atomic E-state index is 11.9. The quantitative estimate of drug-likeness (QED) is 0.368. The first-order valence-electron chi connectivity index (χ1n) is 5.65. The Hall–Kier alpha value is -1.15. The van der Waals surface area contributed by atoms with Gasteiger partial charge >= 0.3 is 0 Å². The normalized spacial score (nSPS) is 11.4. The maximum Gasteiger partial charge on any atom is 0.240 e. The van der Waals surface area contributed by atoms with Crippen LogP contribution in [0.25, 0.3) is 0 Å². The molecule has 1 aromatic rings. The van der Waals surface area contributed by atoms with E-state index in [1.54, 1.807) is 19.2 Å². The Morgan fingerprint density at radius 2 is 1.89 bits per heavy atom. The van der Waals surface area contributed by atoms with Gasteiger partial charge in [0.1, 0.15) is 0 Å². The number of nitrogens with one attached hydrogen (secondary N) is 2. The zero-order valence-corrected chi connectivity index (χ0v) is 11.2. The highest BCUT2D eigenvalue weighted by molar-refractivity contribution is 7.89. The minimum absolute atomic E-state index is 0.230. The van der Waals surface area contributed by atoms with E-state index in [2.05, 4.69) is 10.1 Å². The number of anilines is 1. The van der Waals surface area contributed by atoms with Crippen molar-refractivity contribution in [1.29, 1.82) is 0 Å². The highest BCUT2D eigenvalue weighted by Gasteiger charge is 2.12. The summed E-state index contributed by atoms with van der Waals surface area (Å²) in [7, 11) is -1.81. The van der Waals surface area contributed by atoms with Gasteiger partial charge in [-0.1, -0.05) is 0 Å². The zero-order chi connectivity index (χ0) is 13.4. The molecule has 102 valence electrons. The van der Waals surface area contributed by atoms with Crippen LogP contribution in [-0.4, -0.2) is 28.7 Å². The van der Waals surface area contributed by atoms with E-state index >= 15 is 0 Å². The van der Waals surface area contributed by atoms with Gasteiger partial charge in [0.25, 0.3) is 0 Å². The number of hydrogen-bond acceptors (Lipinski definition) is 5. The summed E-state index contributed by atoms with van der Waals surface area (Å²) in [4.78, 5) is 0.230. The molecule has 1 rings (SSSR count). The van der Waals surface area contributed by atoms with E-state index in [9.17, 15) is 8.42 Å². The molecular weight excluding hydrogens is 254 g/mol. The summed E-state index contributed by atoms with van der Waals surface area (Å²) < 4.78 is 31.2. The van der Waals surface area contributed by atoms with E-state index in [1.807, 2.05) is 0 Å². The van der Waals surface area contributed by atoms with Gasteiger partial charge in [-0.3, -0.25) is 5.84 Å². The van der Waals surface area contributed by atoms with E-state index in [-0.39, 0.29) is 4.90 Å². The van der Waals surface area contributed by atoms with Crippen LogP contribution in [0.4, 0.5) is 5.69 Å². The van der Waals surface area contributed by atoms with E-state index in [4.69, 9.17) is 10.6 Å². The smallest absolute Gasteiger partial charge is 0.240 e. The highest BCUT2D eigenvalue weighted by atomic mass is 32.2. The van der Waals surface area contributed by atoms with Crippen molar-refractivity contribution >= 4 is 15.7 Å². The third-order valence-corrected chi connectivity index (χ3v) is 3.88. The molecular formula is C11H19N3O3S. The van der Waals surface area contributed by atoms with Gasteiger partial charge in [-0.15, -0.1) is 0 Å². The molecule has 0 saturated carbocycles. The summed E-state index contributed by atoms with van der Waals surface area (Å²) in [6, 6.07) is 6.23. The average Bonchev–Trinajstić information content (AvgIpc) is 2.38. The Labute approximate surface area is 108 Å². The van der Waals surface area contributed by atoms with Crippen molar-refractivity contribution in [3.8, 4) is 0 Å². The summed E-state index contributed by atoms with van der Waals surface area (Å²) in [5.74, 6) is 5.21. The molecule has 0 spiro atoms. The van der Waals surface area contributed by atoms with Crippen molar-refractivity contribution in [3.05, 3.63) is 24.3 Å². The lowest BCUT2D eigenvalue weighted by atomic mass is 10.3. The highest BCUT2D eigenvalue weighted by Crippen LogP contribution is 2.12. The molecule has 0 amide bonds. The predicted octanol–water partition coefficient (Wildman–Crippen LogP) is 0.677. The van der Waals surface area contributed by atoms with Gasteiger partial charge in [0, 0.05) is 25.9 Å². The summed E-state index contributed by atoms with van der Waals surface area (Å²) in [6.45, 7) is 1.04. The fraction of sp³-hybridized carbons (Fsp3) is 0.455. The summed E-state index contributed by atoms with van der Waals surface area (Å²) in [5, 5.41) is 0. The number of nitrogen functional groups attached to an aromatic ring is 1. The molecule has 0 radical (unpaired) electrons. The van der Waals surface area contributed by atoms with E-state index < -0.39 is 10.0 Å². The van der Waals surface area contributed by atoms with Gasteiger partial charge in [-0.2, -0.15) is 0 Å². The molecule has 0 aliphatic carbocycles. The van der Waals surface area contributed by atoms with Gasteiger partial charge in [0.05, 0.1) is 4.90 Å². The minimum Gasteiger partial charge on any atom is -0.385 e. The number of hydrogen-bond donors (Lipinski definition) is 3. The standard InChI is InChI=1S/C11H19N3O3S/c1-17-9-3-2-8-13-18(15,16)11-6-4-10(14-12)5-7-11/h4-7,13-14H,2-3,8-9,12H2,1H3. The van der Waals surface area contributed by atoms with Crippen molar-refractivity contribution in [2.45, 2.75) is 17.7 Å². The molecule has 4 N–H and O–H groups in total. The van der Waals surface area contributed by atoms with Crippen LogP contribution >= 0.6 is 0 Å². The van der Waals surface area contributed by atoms with Crippen LogP contribution in [0.1, 0.15) is 12.8 Å². The predicted molar refractivity (Wildman–Crippen MR) is 70.6 cm³/mol. The van der Waals surface area contributed by atoms with Gasteiger partial charge in [-0.25, -0.2) is 13.1 Å². The lowest BCUT2D eigenvalue weighted by Crippen LogP contribution is -2.25. The lowest BCUT2D eigenvalue weighted by molar-refractivity contribution is 0.193. The molecule has 0 bridgehead atoms. The molecule has 6 nitrogen and oxygen atoms in total. The fourth-order valence-corrected chi connectivity index (χ4v) is 2.47. The molecule has 1 aromatic carbocycles. The van der Waals surface area contributed by atoms with E-state index in [1.165, 1.54) is 12.1 Å². The third-order valence-electron chi connectivity index (χ3n) is 2.40. The summed E-state index contributed by atoms with van der Waals surface area (Å²) in [5.41, 5.74) is 3.10. The molecule has 0 unspecified atom stereocenters. The number of rotatable bonds is 8. The zero-order valence-electron chi connectivity index (χ0n) is 10.3. The first kappa shape index (κ1) is 14.9. The number of benzene rings is 1. The topological polar surface area (TPSA) is 93.4 Å². The number of sulfonamides is 1. The van der Waals surface area contributed by atoms with Crippen LogP contribution in [0, 0.1) is 0 Å². The van der Waals surface area contributed by atoms with Gasteiger partial charge in [0.2, 0.25) is 10.0 Å². The van der Waals surface area contributed by atoms with Crippen molar-refractivity contribution < 1.29 is 13.2 Å². The largest absolute Gasteiger partial charge is 0.385 e. The number of unbranched alkanes of at least 4 members (excludes halogenated alkanes) is 1. The molecule has 0 aromatic heterocycles. The van der Waals surface area contributed by atoms with Crippen molar-refractivity contribution in [2.24, 2.45) is 5.84 Å². The van der Waals surface area contributed by atoms with Crippen LogP contribution in [0.15, 0.2) is 29.2 Å². The van der Waals surface area contributed by atoms with Gasteiger partial charge in [-0.05, 0) is 37.1 Å². The average molecular weight is 273 g/mol. The second kappa shape index (κ2) is 7.32. The Kier molecular flexibility index (Phi) is 6.06. The molecule has 7 heteroatoms. The molecule has 0 heterocycles. The number of nitrogens with two attached hydrogens (primary N) is 1.